The zero-order valence-electron chi connectivity index (χ0n) is 31.5. The minimum Gasteiger partial charge on any atom is -0.461 e. The Balaban J connectivity index is 1.05. The number of piperazine rings is 1. The van der Waals surface area contributed by atoms with Crippen molar-refractivity contribution in [3.8, 4) is 23.3 Å². The van der Waals surface area contributed by atoms with Gasteiger partial charge in [0.1, 0.15) is 35.6 Å². The highest BCUT2D eigenvalue weighted by molar-refractivity contribution is 6.01. The summed E-state index contributed by atoms with van der Waals surface area (Å²) in [5, 5.41) is 11.5. The molecule has 2 aromatic heterocycles. The molecule has 4 aromatic rings. The van der Waals surface area contributed by atoms with E-state index >= 15 is 8.78 Å². The largest absolute Gasteiger partial charge is 0.461 e. The summed E-state index contributed by atoms with van der Waals surface area (Å²) < 4.78 is 58.9. The number of aryl methyl sites for hydroxylation is 1. The van der Waals surface area contributed by atoms with E-state index in [0.29, 0.717) is 66.7 Å². The average Bonchev–Trinajstić information content (AvgIpc) is 3.72. The number of aromatic nitrogens is 3. The molecule has 5 atom stereocenters. The van der Waals surface area contributed by atoms with Gasteiger partial charge in [0.25, 0.3) is 0 Å². The van der Waals surface area contributed by atoms with Gasteiger partial charge in [-0.05, 0) is 48.2 Å². The minimum absolute atomic E-state index is 0.0176. The highest BCUT2D eigenvalue weighted by Gasteiger charge is 2.49. The quantitative estimate of drug-likeness (QED) is 0.189. The molecular formula is C42H45F3N8O3. The molecule has 2 bridgehead atoms. The lowest BCUT2D eigenvalue weighted by Gasteiger charge is -2.46. The maximum absolute atomic E-state index is 17.1. The fourth-order valence-corrected chi connectivity index (χ4v) is 9.74. The van der Waals surface area contributed by atoms with E-state index in [1.807, 2.05) is 24.0 Å². The summed E-state index contributed by atoms with van der Waals surface area (Å²) in [5.74, 6) is -0.873. The van der Waals surface area contributed by atoms with Crippen LogP contribution in [-0.2, 0) is 16.0 Å². The molecule has 2 unspecified atom stereocenters. The minimum atomic E-state index is -0.951. The highest BCUT2D eigenvalue weighted by Crippen LogP contribution is 2.41. The van der Waals surface area contributed by atoms with Crippen molar-refractivity contribution >= 4 is 33.4 Å². The topological polar surface area (TPSA) is 111 Å². The van der Waals surface area contributed by atoms with Crippen molar-refractivity contribution < 1.29 is 27.4 Å². The summed E-state index contributed by atoms with van der Waals surface area (Å²) >= 11 is 0. The molecule has 0 radical (unpaired) electrons. The summed E-state index contributed by atoms with van der Waals surface area (Å²) in [7, 11) is 0. The number of nitriles is 1. The lowest BCUT2D eigenvalue weighted by Crippen LogP contribution is -2.57. The SMILES string of the molecule is CCc1c(F)ccc2cccc(-c3ncc4c(N5CCN(C(=O)/C=C/CN6CC7CC(C6)O7)[C@@H](CC#N)C5)nc(OC[C@@]56CCCN5C[C@H](F)C6)nc4c3F)c12. The van der Waals surface area contributed by atoms with Crippen LogP contribution in [0.5, 0.6) is 6.01 Å². The number of ether oxygens (including phenoxy) is 2. The molecule has 0 saturated carbocycles. The van der Waals surface area contributed by atoms with Crippen molar-refractivity contribution in [2.75, 3.05) is 63.9 Å². The van der Waals surface area contributed by atoms with Crippen molar-refractivity contribution in [1.82, 2.24) is 29.7 Å². The summed E-state index contributed by atoms with van der Waals surface area (Å²) in [6, 6.07) is 10.2. The lowest BCUT2D eigenvalue weighted by molar-refractivity contribution is -0.178. The number of nitrogens with zero attached hydrogens (tertiary/aromatic N) is 8. The molecule has 6 aliphatic heterocycles. The van der Waals surface area contributed by atoms with E-state index in [2.05, 4.69) is 25.8 Å². The second kappa shape index (κ2) is 14.9. The zero-order valence-corrected chi connectivity index (χ0v) is 31.5. The molecule has 0 N–H and O–H groups in total. The Morgan fingerprint density at radius 2 is 1.95 bits per heavy atom. The molecule has 11 nitrogen and oxygen atoms in total. The average molecular weight is 767 g/mol. The number of piperidine rings is 1. The normalized spacial score (nSPS) is 26.6. The molecular weight excluding hydrogens is 722 g/mol. The van der Waals surface area contributed by atoms with Crippen LogP contribution in [0.3, 0.4) is 0 Å². The van der Waals surface area contributed by atoms with Crippen molar-refractivity contribution in [3.05, 3.63) is 65.9 Å². The number of fused-ring (bicyclic) bond motifs is 5. The number of anilines is 1. The Kier molecular flexibility index (Phi) is 9.79. The number of alkyl halides is 1. The molecule has 6 aliphatic rings. The standard InChI is InChI=1S/C42H45F3N8O3/c1-2-31-34(44)10-9-26-6-3-7-32(36(26)31)38-37(45)39-33(20-47-38)40(49-41(48-39)55-25-42-12-5-15-52(42)21-27(43)19-42)51-16-17-53(28(22-51)11-13-46)35(54)8-4-14-50-23-29-18-30(24-50)56-29/h3-4,6-10,20,27-30H,2,5,11-12,14-19,21-25H2,1H3/b8-4+/t27-,28+,29?,30?,42+/m1/s1. The summed E-state index contributed by atoms with van der Waals surface area (Å²) in [6.07, 6.45) is 8.27. The first kappa shape index (κ1) is 36.8. The fourth-order valence-electron chi connectivity index (χ4n) is 9.74. The number of carbonyl (C=O) groups excluding carboxylic acids is 1. The molecule has 1 amide bonds. The Morgan fingerprint density at radius 1 is 1.11 bits per heavy atom. The first-order valence-corrected chi connectivity index (χ1v) is 19.8. The Bertz CT molecular complexity index is 2230. The van der Waals surface area contributed by atoms with Crippen molar-refractivity contribution in [2.24, 2.45) is 0 Å². The number of hydrogen-bond donors (Lipinski definition) is 0. The van der Waals surface area contributed by atoms with E-state index < -0.39 is 23.6 Å². The second-order valence-electron chi connectivity index (χ2n) is 15.9. The number of morpholine rings is 1. The number of benzene rings is 2. The van der Waals surface area contributed by atoms with Crippen LogP contribution in [0.25, 0.3) is 32.9 Å². The molecule has 292 valence electrons. The third-order valence-corrected chi connectivity index (χ3v) is 12.4. The van der Waals surface area contributed by atoms with E-state index in [9.17, 15) is 14.4 Å². The molecule has 14 heteroatoms. The van der Waals surface area contributed by atoms with Gasteiger partial charge in [0, 0.05) is 76.5 Å². The van der Waals surface area contributed by atoms with Gasteiger partial charge in [0.05, 0.1) is 41.7 Å². The van der Waals surface area contributed by atoms with Crippen molar-refractivity contribution in [2.45, 2.75) is 75.4 Å². The predicted molar refractivity (Wildman–Crippen MR) is 205 cm³/mol. The van der Waals surface area contributed by atoms with Gasteiger partial charge in [-0.3, -0.25) is 19.6 Å². The van der Waals surface area contributed by atoms with E-state index in [1.54, 1.807) is 29.2 Å². The van der Waals surface area contributed by atoms with Gasteiger partial charge in [-0.25, -0.2) is 13.2 Å². The van der Waals surface area contributed by atoms with Crippen LogP contribution in [0, 0.1) is 23.0 Å². The maximum Gasteiger partial charge on any atom is 0.319 e. The van der Waals surface area contributed by atoms with Gasteiger partial charge in [0.2, 0.25) is 5.91 Å². The van der Waals surface area contributed by atoms with Crippen LogP contribution in [0.15, 0.2) is 48.7 Å². The van der Waals surface area contributed by atoms with Gasteiger partial charge >= 0.3 is 6.01 Å². The van der Waals surface area contributed by atoms with Gasteiger partial charge in [0.15, 0.2) is 5.82 Å². The lowest BCUT2D eigenvalue weighted by atomic mass is 9.95. The number of amides is 1. The van der Waals surface area contributed by atoms with E-state index in [4.69, 9.17) is 14.5 Å². The van der Waals surface area contributed by atoms with Crippen LogP contribution in [0.2, 0.25) is 0 Å². The van der Waals surface area contributed by atoms with Gasteiger partial charge in [-0.2, -0.15) is 15.2 Å². The van der Waals surface area contributed by atoms with Crippen molar-refractivity contribution in [1.29, 1.82) is 5.26 Å². The summed E-state index contributed by atoms with van der Waals surface area (Å²) in [4.78, 5) is 35.7. The van der Waals surface area contributed by atoms with Crippen LogP contribution in [0.4, 0.5) is 19.0 Å². The molecule has 0 spiro atoms. The summed E-state index contributed by atoms with van der Waals surface area (Å²) in [5.41, 5.74) is 0.438. The van der Waals surface area contributed by atoms with Crippen LogP contribution in [-0.4, -0.2) is 124 Å². The van der Waals surface area contributed by atoms with E-state index in [0.717, 1.165) is 44.3 Å². The molecule has 6 fully saturated rings. The van der Waals surface area contributed by atoms with Gasteiger partial charge in [-0.1, -0.05) is 37.3 Å². The Morgan fingerprint density at radius 3 is 2.75 bits per heavy atom. The number of rotatable bonds is 10. The fraction of sp³-hybridized carbons (Fsp3) is 0.500. The Labute approximate surface area is 323 Å². The molecule has 56 heavy (non-hydrogen) atoms. The van der Waals surface area contributed by atoms with Gasteiger partial charge < -0.3 is 19.3 Å². The molecule has 2 aromatic carbocycles. The molecule has 0 aliphatic carbocycles. The van der Waals surface area contributed by atoms with Crippen LogP contribution < -0.4 is 9.64 Å². The monoisotopic (exact) mass is 766 g/mol. The van der Waals surface area contributed by atoms with Crippen LogP contribution >= 0.6 is 0 Å². The number of halogens is 3. The predicted octanol–water partition coefficient (Wildman–Crippen LogP) is 5.60. The second-order valence-corrected chi connectivity index (χ2v) is 15.9. The molecule has 10 rings (SSSR count). The van der Waals surface area contributed by atoms with Crippen molar-refractivity contribution in [3.63, 3.8) is 0 Å². The third kappa shape index (κ3) is 6.63. The van der Waals surface area contributed by atoms with E-state index in [1.165, 1.54) is 12.3 Å². The smallest absolute Gasteiger partial charge is 0.319 e. The van der Waals surface area contributed by atoms with Crippen LogP contribution in [0.1, 0.15) is 44.6 Å². The number of hydrogen-bond acceptors (Lipinski definition) is 10. The summed E-state index contributed by atoms with van der Waals surface area (Å²) in [6.45, 7) is 6.45. The first-order chi connectivity index (χ1) is 27.2. The molecule has 8 heterocycles. The number of carbonyl (C=O) groups is 1. The molecule has 6 saturated heterocycles. The zero-order chi connectivity index (χ0) is 38.6. The van der Waals surface area contributed by atoms with Gasteiger partial charge in [-0.15, -0.1) is 0 Å². The third-order valence-electron chi connectivity index (χ3n) is 12.4. The maximum atomic E-state index is 17.1. The Hall–Kier alpha value is -4.84. The highest BCUT2D eigenvalue weighted by atomic mass is 19.1. The number of pyridine rings is 1. The first-order valence-electron chi connectivity index (χ1n) is 19.8. The van der Waals surface area contributed by atoms with E-state index in [-0.39, 0.29) is 60.7 Å².